The van der Waals surface area contributed by atoms with E-state index in [1.165, 1.54) is 13.3 Å². The molecule has 1 aromatic heterocycles. The molecule has 1 fully saturated rings. The molecular formula is C10H14N2O3. The fraction of sp³-hybridized carbons (Fsp3) is 0.600. The molecule has 0 spiro atoms. The van der Waals surface area contributed by atoms with Crippen molar-refractivity contribution in [1.82, 2.24) is 10.3 Å². The van der Waals surface area contributed by atoms with Gasteiger partial charge in [-0.1, -0.05) is 0 Å². The normalized spacial score (nSPS) is 20.5. The Bertz CT molecular complexity index is 342. The third-order valence-corrected chi connectivity index (χ3v) is 2.57. The van der Waals surface area contributed by atoms with E-state index in [0.717, 1.165) is 25.9 Å². The second-order valence-electron chi connectivity index (χ2n) is 3.67. The van der Waals surface area contributed by atoms with E-state index in [-0.39, 0.29) is 5.76 Å². The molecule has 0 radical (unpaired) electrons. The van der Waals surface area contributed by atoms with Gasteiger partial charge in [-0.15, -0.1) is 0 Å². The number of rotatable bonds is 3. The van der Waals surface area contributed by atoms with Gasteiger partial charge in [-0.25, -0.2) is 9.78 Å². The summed E-state index contributed by atoms with van der Waals surface area (Å²) in [4.78, 5) is 15.1. The topological polar surface area (TPSA) is 64.4 Å². The van der Waals surface area contributed by atoms with Gasteiger partial charge in [0.2, 0.25) is 5.76 Å². The molecule has 0 aliphatic carbocycles. The quantitative estimate of drug-likeness (QED) is 0.741. The van der Waals surface area contributed by atoms with Crippen LogP contribution >= 0.6 is 0 Å². The van der Waals surface area contributed by atoms with E-state index in [9.17, 15) is 4.79 Å². The van der Waals surface area contributed by atoms with Crippen LogP contribution in [0.3, 0.4) is 0 Å². The van der Waals surface area contributed by atoms with E-state index in [1.807, 2.05) is 0 Å². The van der Waals surface area contributed by atoms with Gasteiger partial charge in [-0.3, -0.25) is 0 Å². The fourth-order valence-electron chi connectivity index (χ4n) is 1.74. The lowest BCUT2D eigenvalue weighted by Gasteiger charge is -2.02. The maximum absolute atomic E-state index is 11.1. The number of nitrogens with one attached hydrogen (secondary N) is 1. The van der Waals surface area contributed by atoms with Crippen LogP contribution in [-0.2, 0) is 11.2 Å². The standard InChI is InChI=1S/C10H14N2O3/c1-14-10(13)8-6-12-9(15-8)4-7-2-3-11-5-7/h6-7,11H,2-5H2,1H3. The number of oxazole rings is 1. The highest BCUT2D eigenvalue weighted by molar-refractivity contribution is 5.85. The number of hydrogen-bond acceptors (Lipinski definition) is 5. The number of hydrogen-bond donors (Lipinski definition) is 1. The Hall–Kier alpha value is -1.36. The van der Waals surface area contributed by atoms with Crippen LogP contribution in [0.2, 0.25) is 0 Å². The zero-order valence-electron chi connectivity index (χ0n) is 8.66. The number of aromatic nitrogens is 1. The molecule has 0 saturated carbocycles. The second kappa shape index (κ2) is 4.44. The minimum absolute atomic E-state index is 0.179. The number of nitrogens with zero attached hydrogens (tertiary/aromatic N) is 1. The van der Waals surface area contributed by atoms with Crippen molar-refractivity contribution in [2.75, 3.05) is 20.2 Å². The highest BCUT2D eigenvalue weighted by Gasteiger charge is 2.19. The lowest BCUT2D eigenvalue weighted by molar-refractivity contribution is 0.0562. The first-order valence-electron chi connectivity index (χ1n) is 5.03. The lowest BCUT2D eigenvalue weighted by atomic mass is 10.1. The Morgan fingerprint density at radius 3 is 3.33 bits per heavy atom. The summed E-state index contributed by atoms with van der Waals surface area (Å²) in [5.74, 6) is 0.884. The van der Waals surface area contributed by atoms with Gasteiger partial charge < -0.3 is 14.5 Å². The van der Waals surface area contributed by atoms with Crippen molar-refractivity contribution in [2.24, 2.45) is 5.92 Å². The molecule has 1 N–H and O–H groups in total. The Morgan fingerprint density at radius 1 is 1.80 bits per heavy atom. The monoisotopic (exact) mass is 210 g/mol. The van der Waals surface area contributed by atoms with Gasteiger partial charge in [0.15, 0.2) is 5.89 Å². The lowest BCUT2D eigenvalue weighted by Crippen LogP contribution is -2.10. The summed E-state index contributed by atoms with van der Waals surface area (Å²) in [6.07, 6.45) is 3.34. The van der Waals surface area contributed by atoms with E-state index in [2.05, 4.69) is 15.0 Å². The minimum atomic E-state index is -0.474. The Labute approximate surface area is 87.8 Å². The van der Waals surface area contributed by atoms with Gasteiger partial charge in [0.25, 0.3) is 0 Å². The Balaban J connectivity index is 1.97. The molecule has 2 heterocycles. The first kappa shape index (κ1) is 10.2. The summed E-state index contributed by atoms with van der Waals surface area (Å²) in [6.45, 7) is 2.05. The average molecular weight is 210 g/mol. The van der Waals surface area contributed by atoms with Crippen molar-refractivity contribution in [3.05, 3.63) is 17.8 Å². The smallest absolute Gasteiger partial charge is 0.375 e. The molecule has 15 heavy (non-hydrogen) atoms. The Morgan fingerprint density at radius 2 is 2.67 bits per heavy atom. The number of esters is 1. The summed E-state index contributed by atoms with van der Waals surface area (Å²) in [7, 11) is 1.32. The zero-order chi connectivity index (χ0) is 10.7. The van der Waals surface area contributed by atoms with E-state index >= 15 is 0 Å². The van der Waals surface area contributed by atoms with Crippen LogP contribution in [0, 0.1) is 5.92 Å². The fourth-order valence-corrected chi connectivity index (χ4v) is 1.74. The predicted octanol–water partition coefficient (Wildman–Crippen LogP) is 0.613. The molecule has 2 rings (SSSR count). The van der Waals surface area contributed by atoms with E-state index in [1.54, 1.807) is 0 Å². The van der Waals surface area contributed by atoms with Crippen molar-refractivity contribution < 1.29 is 13.9 Å². The summed E-state index contributed by atoms with van der Waals surface area (Å²) in [5, 5.41) is 3.27. The van der Waals surface area contributed by atoms with Crippen LogP contribution in [0.4, 0.5) is 0 Å². The first-order chi connectivity index (χ1) is 7.29. The third kappa shape index (κ3) is 2.36. The van der Waals surface area contributed by atoms with Crippen molar-refractivity contribution in [3.63, 3.8) is 0 Å². The van der Waals surface area contributed by atoms with Gasteiger partial charge in [0.05, 0.1) is 13.3 Å². The summed E-state index contributed by atoms with van der Waals surface area (Å²) in [5.41, 5.74) is 0. The largest absolute Gasteiger partial charge is 0.463 e. The molecule has 0 aromatic carbocycles. The van der Waals surface area contributed by atoms with Crippen LogP contribution in [-0.4, -0.2) is 31.2 Å². The molecule has 0 bridgehead atoms. The third-order valence-electron chi connectivity index (χ3n) is 2.57. The average Bonchev–Trinajstić information content (AvgIpc) is 2.88. The molecule has 82 valence electrons. The molecule has 0 amide bonds. The molecule has 1 aliphatic heterocycles. The highest BCUT2D eigenvalue weighted by atomic mass is 16.5. The van der Waals surface area contributed by atoms with Crippen LogP contribution < -0.4 is 5.32 Å². The van der Waals surface area contributed by atoms with Gasteiger partial charge in [-0.05, 0) is 25.4 Å². The number of ether oxygens (including phenoxy) is 1. The highest BCUT2D eigenvalue weighted by Crippen LogP contribution is 2.15. The van der Waals surface area contributed by atoms with Crippen LogP contribution in [0.25, 0.3) is 0 Å². The van der Waals surface area contributed by atoms with Crippen molar-refractivity contribution in [2.45, 2.75) is 12.8 Å². The second-order valence-corrected chi connectivity index (χ2v) is 3.67. The minimum Gasteiger partial charge on any atom is -0.463 e. The number of carbonyl (C=O) groups is 1. The van der Waals surface area contributed by atoms with Gasteiger partial charge in [-0.2, -0.15) is 0 Å². The van der Waals surface area contributed by atoms with E-state index in [0.29, 0.717) is 11.8 Å². The van der Waals surface area contributed by atoms with Gasteiger partial charge in [0, 0.05) is 6.42 Å². The van der Waals surface area contributed by atoms with E-state index < -0.39 is 5.97 Å². The predicted molar refractivity (Wildman–Crippen MR) is 52.5 cm³/mol. The molecular weight excluding hydrogens is 196 g/mol. The number of methoxy groups -OCH3 is 1. The maximum atomic E-state index is 11.1. The molecule has 1 unspecified atom stereocenters. The molecule has 1 aromatic rings. The first-order valence-corrected chi connectivity index (χ1v) is 5.03. The van der Waals surface area contributed by atoms with Crippen LogP contribution in [0.5, 0.6) is 0 Å². The molecule has 1 saturated heterocycles. The zero-order valence-corrected chi connectivity index (χ0v) is 8.66. The number of carbonyl (C=O) groups excluding carboxylic acids is 1. The van der Waals surface area contributed by atoms with Crippen LogP contribution in [0.15, 0.2) is 10.6 Å². The van der Waals surface area contributed by atoms with Crippen LogP contribution in [0.1, 0.15) is 22.9 Å². The molecule has 5 heteroatoms. The van der Waals surface area contributed by atoms with Gasteiger partial charge >= 0.3 is 5.97 Å². The summed E-state index contributed by atoms with van der Waals surface area (Å²) < 4.78 is 9.82. The van der Waals surface area contributed by atoms with Gasteiger partial charge in [0.1, 0.15) is 0 Å². The van der Waals surface area contributed by atoms with Crippen molar-refractivity contribution in [1.29, 1.82) is 0 Å². The summed E-state index contributed by atoms with van der Waals surface area (Å²) >= 11 is 0. The maximum Gasteiger partial charge on any atom is 0.375 e. The molecule has 1 aliphatic rings. The summed E-state index contributed by atoms with van der Waals surface area (Å²) in [6, 6.07) is 0. The molecule has 5 nitrogen and oxygen atoms in total. The van der Waals surface area contributed by atoms with E-state index in [4.69, 9.17) is 4.42 Å². The van der Waals surface area contributed by atoms with Crippen molar-refractivity contribution >= 4 is 5.97 Å². The van der Waals surface area contributed by atoms with Crippen molar-refractivity contribution in [3.8, 4) is 0 Å². The molecule has 1 atom stereocenters. The SMILES string of the molecule is COC(=O)c1cnc(CC2CCNC2)o1. The Kier molecular flexibility index (Phi) is 3.01.